The Kier molecular flexibility index (Phi) is 3.26. The number of esters is 1. The van der Waals surface area contributed by atoms with E-state index in [4.69, 9.17) is 9.47 Å². The highest BCUT2D eigenvalue weighted by Crippen LogP contribution is 2.74. The van der Waals surface area contributed by atoms with Gasteiger partial charge in [0.15, 0.2) is 17.0 Å². The molecule has 10 unspecified atom stereocenters. The molecule has 6 aliphatic rings. The third-order valence-electron chi connectivity index (χ3n) is 8.36. The topological polar surface area (TPSA) is 154 Å². The number of aliphatic hydroxyl groups is 5. The lowest BCUT2D eigenvalue weighted by atomic mass is 9.54. The van der Waals surface area contributed by atoms with Crippen LogP contribution < -0.4 is 0 Å². The third kappa shape index (κ3) is 1.70. The van der Waals surface area contributed by atoms with Crippen molar-refractivity contribution in [2.24, 2.45) is 17.8 Å². The lowest BCUT2D eigenvalue weighted by Crippen LogP contribution is -2.82. The van der Waals surface area contributed by atoms with Crippen LogP contribution in [0, 0.1) is 17.8 Å². The predicted octanol–water partition coefficient (Wildman–Crippen LogP) is -0.896. The molecule has 2 spiro atoms. The zero-order valence-electron chi connectivity index (χ0n) is 16.7. The summed E-state index contributed by atoms with van der Waals surface area (Å²) in [5.41, 5.74) is -9.13. The number of hydrogen-bond acceptors (Lipinski definition) is 9. The van der Waals surface area contributed by atoms with Gasteiger partial charge in [0.05, 0.1) is 29.6 Å². The fourth-order valence-corrected chi connectivity index (χ4v) is 6.90. The van der Waals surface area contributed by atoms with E-state index in [1.54, 1.807) is 6.92 Å². The number of rotatable bonds is 0. The Morgan fingerprint density at radius 2 is 1.72 bits per heavy atom. The van der Waals surface area contributed by atoms with Gasteiger partial charge in [0.2, 0.25) is 0 Å². The molecule has 0 radical (unpaired) electrons. The zero-order valence-corrected chi connectivity index (χ0v) is 16.7. The molecule has 10 atom stereocenters. The van der Waals surface area contributed by atoms with Crippen molar-refractivity contribution in [3.05, 3.63) is 11.3 Å². The van der Waals surface area contributed by atoms with Crippen molar-refractivity contribution in [1.29, 1.82) is 0 Å². The van der Waals surface area contributed by atoms with E-state index in [2.05, 4.69) is 0 Å². The lowest BCUT2D eigenvalue weighted by molar-refractivity contribution is -0.380. The third-order valence-corrected chi connectivity index (χ3v) is 8.36. The van der Waals surface area contributed by atoms with Crippen molar-refractivity contribution in [1.82, 2.24) is 0 Å². The first kappa shape index (κ1) is 19.4. The molecular formula is C20H26O9. The van der Waals surface area contributed by atoms with Gasteiger partial charge >= 0.3 is 5.97 Å². The van der Waals surface area contributed by atoms with E-state index < -0.39 is 69.7 Å². The second-order valence-electron chi connectivity index (χ2n) is 10.1. The molecule has 5 N–H and O–H groups in total. The Balaban J connectivity index is 1.90. The fourth-order valence-electron chi connectivity index (χ4n) is 6.90. The summed E-state index contributed by atoms with van der Waals surface area (Å²) in [6, 6.07) is 0. The Hall–Kier alpha value is -1.52. The van der Waals surface area contributed by atoms with Crippen LogP contribution in [-0.4, -0.2) is 77.5 Å². The van der Waals surface area contributed by atoms with E-state index in [9.17, 15) is 35.1 Å². The van der Waals surface area contributed by atoms with Gasteiger partial charge in [0.1, 0.15) is 22.5 Å². The van der Waals surface area contributed by atoms with E-state index in [1.165, 1.54) is 20.8 Å². The molecule has 6 rings (SSSR count). The average molecular weight is 410 g/mol. The van der Waals surface area contributed by atoms with E-state index in [0.29, 0.717) is 0 Å². The average Bonchev–Trinajstić information content (AvgIpc) is 2.87. The number of fused-ring (bicyclic) bond motifs is 1. The Morgan fingerprint density at radius 1 is 1.10 bits per heavy atom. The molecule has 9 heteroatoms. The molecule has 5 fully saturated rings. The molecule has 3 aliphatic carbocycles. The van der Waals surface area contributed by atoms with E-state index >= 15 is 0 Å². The largest absolute Gasteiger partial charge is 0.511 e. The van der Waals surface area contributed by atoms with Gasteiger partial charge in [-0.3, -0.25) is 4.79 Å². The minimum atomic E-state index is -1.92. The van der Waals surface area contributed by atoms with Crippen LogP contribution in [0.2, 0.25) is 0 Å². The van der Waals surface area contributed by atoms with E-state index in [0.717, 1.165) is 0 Å². The highest BCUT2D eigenvalue weighted by atomic mass is 16.6. The number of ether oxygens (including phenoxy) is 2. The molecule has 0 aromatic rings. The molecule has 9 nitrogen and oxygen atoms in total. The van der Waals surface area contributed by atoms with E-state index in [-0.39, 0.29) is 24.2 Å². The molecule has 2 saturated carbocycles. The first-order valence-electron chi connectivity index (χ1n) is 9.90. The molecule has 0 aromatic heterocycles. The fraction of sp³-hybridized carbons (Fsp3) is 0.800. The second-order valence-corrected chi connectivity index (χ2v) is 10.1. The van der Waals surface area contributed by atoms with Gasteiger partial charge in [-0.1, -0.05) is 6.92 Å². The number of hydrogen-bond donors (Lipinski definition) is 5. The van der Waals surface area contributed by atoms with E-state index in [1.807, 2.05) is 0 Å². The lowest BCUT2D eigenvalue weighted by Gasteiger charge is -2.65. The van der Waals surface area contributed by atoms with Crippen molar-refractivity contribution >= 4 is 11.8 Å². The summed E-state index contributed by atoms with van der Waals surface area (Å²) >= 11 is 0. The quantitative estimate of drug-likeness (QED) is 0.320. The van der Waals surface area contributed by atoms with Gasteiger partial charge in [-0.25, -0.2) is 4.79 Å². The summed E-state index contributed by atoms with van der Waals surface area (Å²) in [6.45, 7) is 5.76. The molecule has 3 heterocycles. The van der Waals surface area contributed by atoms with Gasteiger partial charge in [0, 0.05) is 12.3 Å². The highest BCUT2D eigenvalue weighted by Gasteiger charge is 2.91. The summed E-state index contributed by atoms with van der Waals surface area (Å²) < 4.78 is 12.0. The summed E-state index contributed by atoms with van der Waals surface area (Å²) in [6.07, 6.45) is -3.32. The van der Waals surface area contributed by atoms with Crippen LogP contribution in [-0.2, 0) is 19.1 Å². The SMILES string of the molecule is CC1CC(C)(O)C(=O)C2C(O)C3C(O)C4(C)OC25C(=C1O)C(=O)OC35CC4(C)O. The van der Waals surface area contributed by atoms with Crippen LogP contribution in [0.4, 0.5) is 0 Å². The molecule has 160 valence electrons. The van der Waals surface area contributed by atoms with Crippen molar-refractivity contribution in [2.75, 3.05) is 0 Å². The maximum Gasteiger partial charge on any atom is 0.341 e. The van der Waals surface area contributed by atoms with Crippen LogP contribution in [0.25, 0.3) is 0 Å². The number of aliphatic hydroxyl groups excluding tert-OH is 3. The van der Waals surface area contributed by atoms with Gasteiger partial charge < -0.3 is 35.0 Å². The normalized spacial score (nSPS) is 60.8. The number of allylic oxidation sites excluding steroid dienone is 1. The van der Waals surface area contributed by atoms with Crippen LogP contribution in [0.5, 0.6) is 0 Å². The van der Waals surface area contributed by atoms with Crippen LogP contribution >= 0.6 is 0 Å². The maximum atomic E-state index is 13.5. The molecule has 4 bridgehead atoms. The summed E-state index contributed by atoms with van der Waals surface area (Å²) in [7, 11) is 0. The number of Topliss-reactive ketones (excluding diaryl/α,β-unsaturated/α-hetero) is 1. The van der Waals surface area contributed by atoms with Gasteiger partial charge in [-0.05, 0) is 27.2 Å². The maximum absolute atomic E-state index is 13.5. The van der Waals surface area contributed by atoms with Crippen LogP contribution in [0.15, 0.2) is 11.3 Å². The van der Waals surface area contributed by atoms with Gasteiger partial charge in [-0.15, -0.1) is 0 Å². The Bertz CT molecular complexity index is 890. The monoisotopic (exact) mass is 410 g/mol. The van der Waals surface area contributed by atoms with Crippen molar-refractivity contribution in [3.8, 4) is 0 Å². The first-order valence-corrected chi connectivity index (χ1v) is 9.90. The van der Waals surface area contributed by atoms with Gasteiger partial charge in [0.25, 0.3) is 0 Å². The summed E-state index contributed by atoms with van der Waals surface area (Å²) in [5, 5.41) is 55.2. The molecular weight excluding hydrogens is 384 g/mol. The van der Waals surface area contributed by atoms with Crippen LogP contribution in [0.3, 0.4) is 0 Å². The number of ketones is 1. The summed E-state index contributed by atoms with van der Waals surface area (Å²) in [4.78, 5) is 26.5. The Labute approximate surface area is 166 Å². The molecule has 0 amide bonds. The molecule has 3 saturated heterocycles. The van der Waals surface area contributed by atoms with Gasteiger partial charge in [-0.2, -0.15) is 0 Å². The number of carbonyl (C=O) groups is 2. The van der Waals surface area contributed by atoms with Crippen molar-refractivity contribution in [3.63, 3.8) is 0 Å². The smallest absolute Gasteiger partial charge is 0.341 e. The number of carbonyl (C=O) groups excluding carboxylic acids is 2. The van der Waals surface area contributed by atoms with Crippen molar-refractivity contribution in [2.45, 2.75) is 80.7 Å². The predicted molar refractivity (Wildman–Crippen MR) is 94.3 cm³/mol. The highest BCUT2D eigenvalue weighted by molar-refractivity contribution is 6.01. The second kappa shape index (κ2) is 4.86. The minimum absolute atomic E-state index is 0.164. The van der Waals surface area contributed by atoms with Crippen molar-refractivity contribution < 1.29 is 44.6 Å². The molecule has 3 aliphatic heterocycles. The first-order chi connectivity index (χ1) is 13.2. The summed E-state index contributed by atoms with van der Waals surface area (Å²) in [5.74, 6) is -5.37. The zero-order chi connectivity index (χ0) is 21.5. The van der Waals surface area contributed by atoms with Crippen LogP contribution in [0.1, 0.15) is 40.5 Å². The Morgan fingerprint density at radius 3 is 2.34 bits per heavy atom. The molecule has 0 aromatic carbocycles. The minimum Gasteiger partial charge on any atom is -0.511 e. The molecule has 29 heavy (non-hydrogen) atoms. The standard InChI is InChI=1S/C20H26O9/c1-7-5-16(2,26)13(23)9-12(22)8-14(24)18(4)17(3,27)6-19(8)20(9,29-18)10(11(7)21)15(25)28-19/h7-9,12,14,21-22,24,26-27H,5-6H2,1-4H3.